The van der Waals surface area contributed by atoms with Gasteiger partial charge in [0.1, 0.15) is 24.1 Å². The van der Waals surface area contributed by atoms with E-state index in [-0.39, 0.29) is 17.9 Å². The summed E-state index contributed by atoms with van der Waals surface area (Å²) in [5, 5.41) is 38.5. The van der Waals surface area contributed by atoms with Crippen molar-refractivity contribution < 1.29 is 25.2 Å². The first-order chi connectivity index (χ1) is 7.97. The maximum absolute atomic E-state index is 9.87. The van der Waals surface area contributed by atoms with Crippen LogP contribution in [0.4, 0.5) is 0 Å². The Labute approximate surface area is 97.9 Å². The van der Waals surface area contributed by atoms with Crippen molar-refractivity contribution in [3.8, 4) is 5.75 Å². The first-order valence-corrected chi connectivity index (χ1v) is 5.22. The number of hydrogen-bond acceptors (Lipinski definition) is 6. The summed E-state index contributed by atoms with van der Waals surface area (Å²) in [7, 11) is 0. The molecule has 1 heterocycles. The van der Waals surface area contributed by atoms with Gasteiger partial charge in [0.15, 0.2) is 5.72 Å². The quantitative estimate of drug-likeness (QED) is 0.413. The molecule has 0 aliphatic carbocycles. The van der Waals surface area contributed by atoms with E-state index in [9.17, 15) is 20.4 Å². The summed E-state index contributed by atoms with van der Waals surface area (Å²) in [5.41, 5.74) is 4.31. The first-order valence-electron chi connectivity index (χ1n) is 5.22. The van der Waals surface area contributed by atoms with Gasteiger partial charge in [0.2, 0.25) is 0 Å². The molecule has 1 aliphatic heterocycles. The molecule has 1 fully saturated rings. The van der Waals surface area contributed by atoms with Crippen LogP contribution in [-0.2, 0) is 10.5 Å². The fourth-order valence-corrected chi connectivity index (χ4v) is 1.91. The van der Waals surface area contributed by atoms with Crippen LogP contribution in [0.3, 0.4) is 0 Å². The van der Waals surface area contributed by atoms with Crippen molar-refractivity contribution in [3.63, 3.8) is 0 Å². The van der Waals surface area contributed by atoms with Crippen molar-refractivity contribution in [1.82, 2.24) is 0 Å². The van der Waals surface area contributed by atoms with E-state index in [0.717, 1.165) is 0 Å². The molecule has 4 unspecified atom stereocenters. The van der Waals surface area contributed by atoms with Crippen LogP contribution in [0.2, 0.25) is 0 Å². The van der Waals surface area contributed by atoms with E-state index in [1.165, 1.54) is 12.1 Å². The standard InChI is InChI=1S/C11H15NO5/c12-11(6-3-1-2-4-7(6)13)10(16)9(15)8(14)5-17-11/h1-4,8-10,13-16H,5,12H2. The Hall–Kier alpha value is -1.18. The summed E-state index contributed by atoms with van der Waals surface area (Å²) in [4.78, 5) is 0. The molecule has 4 atom stereocenters. The first kappa shape index (κ1) is 12.3. The number of para-hydroxylation sites is 1. The highest BCUT2D eigenvalue weighted by Gasteiger charge is 2.49. The Morgan fingerprint density at radius 3 is 2.53 bits per heavy atom. The average molecular weight is 241 g/mol. The Morgan fingerprint density at radius 2 is 1.88 bits per heavy atom. The minimum Gasteiger partial charge on any atom is -0.508 e. The summed E-state index contributed by atoms with van der Waals surface area (Å²) in [6.45, 7) is -0.219. The van der Waals surface area contributed by atoms with Gasteiger partial charge in [-0.15, -0.1) is 0 Å². The molecule has 0 radical (unpaired) electrons. The molecular formula is C11H15NO5. The van der Waals surface area contributed by atoms with Crippen LogP contribution < -0.4 is 5.73 Å². The molecule has 0 saturated carbocycles. The molecular weight excluding hydrogens is 226 g/mol. The number of aromatic hydroxyl groups is 1. The lowest BCUT2D eigenvalue weighted by Crippen LogP contribution is -2.63. The lowest BCUT2D eigenvalue weighted by molar-refractivity contribution is -0.240. The van der Waals surface area contributed by atoms with Gasteiger partial charge < -0.3 is 25.2 Å². The van der Waals surface area contributed by atoms with Crippen molar-refractivity contribution in [1.29, 1.82) is 0 Å². The molecule has 6 nitrogen and oxygen atoms in total. The van der Waals surface area contributed by atoms with Gasteiger partial charge in [0.05, 0.1) is 6.61 Å². The van der Waals surface area contributed by atoms with Crippen LogP contribution in [0.15, 0.2) is 24.3 Å². The highest BCUT2D eigenvalue weighted by Crippen LogP contribution is 2.35. The number of phenolic OH excluding ortho intramolecular Hbond substituents is 1. The van der Waals surface area contributed by atoms with E-state index < -0.39 is 24.0 Å². The van der Waals surface area contributed by atoms with Crippen molar-refractivity contribution in [2.75, 3.05) is 6.61 Å². The smallest absolute Gasteiger partial charge is 0.175 e. The molecule has 0 aromatic heterocycles. The Morgan fingerprint density at radius 1 is 1.24 bits per heavy atom. The highest BCUT2D eigenvalue weighted by atomic mass is 16.5. The van der Waals surface area contributed by atoms with Gasteiger partial charge in [-0.2, -0.15) is 0 Å². The number of rotatable bonds is 1. The third-order valence-electron chi connectivity index (χ3n) is 2.98. The number of hydrogen-bond donors (Lipinski definition) is 5. The Bertz CT molecular complexity index is 413. The SMILES string of the molecule is NC1(c2ccccc2O)OCC(O)C(O)C1O. The van der Waals surface area contributed by atoms with Crippen LogP contribution in [0.25, 0.3) is 0 Å². The molecule has 2 rings (SSSR count). The fraction of sp³-hybridized carbons (Fsp3) is 0.455. The zero-order valence-corrected chi connectivity index (χ0v) is 9.02. The molecule has 6 heteroatoms. The van der Waals surface area contributed by atoms with E-state index >= 15 is 0 Å². The fourth-order valence-electron chi connectivity index (χ4n) is 1.91. The third kappa shape index (κ3) is 1.90. The van der Waals surface area contributed by atoms with Crippen LogP contribution in [0.5, 0.6) is 5.75 Å². The van der Waals surface area contributed by atoms with Crippen molar-refractivity contribution in [2.45, 2.75) is 24.0 Å². The monoisotopic (exact) mass is 241 g/mol. The largest absolute Gasteiger partial charge is 0.508 e. The zero-order valence-electron chi connectivity index (χ0n) is 9.02. The molecule has 6 N–H and O–H groups in total. The lowest BCUT2D eigenvalue weighted by atomic mass is 9.89. The van der Waals surface area contributed by atoms with Gasteiger partial charge >= 0.3 is 0 Å². The summed E-state index contributed by atoms with van der Waals surface area (Å²) in [5.74, 6) is -0.141. The van der Waals surface area contributed by atoms with Crippen LogP contribution in [0.1, 0.15) is 5.56 Å². The van der Waals surface area contributed by atoms with Crippen molar-refractivity contribution in [2.24, 2.45) is 5.73 Å². The van der Waals surface area contributed by atoms with E-state index in [0.29, 0.717) is 0 Å². The van der Waals surface area contributed by atoms with E-state index in [1.807, 2.05) is 0 Å². The summed E-state index contributed by atoms with van der Waals surface area (Å²) in [6.07, 6.45) is -4.15. The normalized spacial score (nSPS) is 38.0. The molecule has 0 amide bonds. The van der Waals surface area contributed by atoms with E-state index in [2.05, 4.69) is 0 Å². The second-order valence-electron chi connectivity index (χ2n) is 4.12. The predicted octanol–water partition coefficient (Wildman–Crippen LogP) is -1.38. The molecule has 0 spiro atoms. The molecule has 0 bridgehead atoms. The number of nitrogens with two attached hydrogens (primary N) is 1. The third-order valence-corrected chi connectivity index (χ3v) is 2.98. The van der Waals surface area contributed by atoms with Crippen molar-refractivity contribution >= 4 is 0 Å². The van der Waals surface area contributed by atoms with Gasteiger partial charge in [0.25, 0.3) is 0 Å². The Kier molecular flexibility index (Phi) is 3.07. The summed E-state index contributed by atoms with van der Waals surface area (Å²) < 4.78 is 5.19. The maximum Gasteiger partial charge on any atom is 0.175 e. The van der Waals surface area contributed by atoms with E-state index in [1.54, 1.807) is 12.1 Å². The number of ether oxygens (including phenoxy) is 1. The van der Waals surface area contributed by atoms with Crippen LogP contribution in [-0.4, -0.2) is 45.3 Å². The summed E-state index contributed by atoms with van der Waals surface area (Å²) in [6, 6.07) is 6.11. The minimum absolute atomic E-state index is 0.141. The highest BCUT2D eigenvalue weighted by molar-refractivity contribution is 5.37. The minimum atomic E-state index is -1.73. The van der Waals surface area contributed by atoms with Crippen LogP contribution in [0, 0.1) is 0 Å². The van der Waals surface area contributed by atoms with Gasteiger partial charge in [0, 0.05) is 5.56 Å². The number of aliphatic hydroxyl groups is 3. The number of aliphatic hydroxyl groups excluding tert-OH is 3. The second kappa shape index (κ2) is 4.25. The molecule has 1 saturated heterocycles. The molecule has 17 heavy (non-hydrogen) atoms. The lowest BCUT2D eigenvalue weighted by Gasteiger charge is -2.43. The van der Waals surface area contributed by atoms with Crippen LogP contribution >= 0.6 is 0 Å². The van der Waals surface area contributed by atoms with Gasteiger partial charge in [-0.3, -0.25) is 5.73 Å². The predicted molar refractivity (Wildman–Crippen MR) is 57.9 cm³/mol. The topological polar surface area (TPSA) is 116 Å². The van der Waals surface area contributed by atoms with E-state index in [4.69, 9.17) is 10.5 Å². The molecule has 1 aromatic rings. The molecule has 1 aliphatic rings. The summed E-state index contributed by atoms with van der Waals surface area (Å²) >= 11 is 0. The number of phenols is 1. The maximum atomic E-state index is 9.87. The Balaban J connectivity index is 2.40. The van der Waals surface area contributed by atoms with Gasteiger partial charge in [-0.1, -0.05) is 18.2 Å². The van der Waals surface area contributed by atoms with Gasteiger partial charge in [-0.05, 0) is 6.07 Å². The number of benzene rings is 1. The zero-order chi connectivity index (χ0) is 12.6. The average Bonchev–Trinajstić information content (AvgIpc) is 2.32. The van der Waals surface area contributed by atoms with Gasteiger partial charge in [-0.25, -0.2) is 0 Å². The van der Waals surface area contributed by atoms with Crippen molar-refractivity contribution in [3.05, 3.63) is 29.8 Å². The second-order valence-corrected chi connectivity index (χ2v) is 4.12. The molecule has 94 valence electrons. The molecule has 1 aromatic carbocycles.